The minimum Gasteiger partial charge on any atom is -0.472 e. The number of nitrogens with one attached hydrogen (secondary N) is 1. The zero-order valence-corrected chi connectivity index (χ0v) is 24.0. The number of aromatic amines is 1. The SMILES string of the molecule is CCCCOC(=O)c1c(Cl)nc(CCCC)n1Cc1c2ccocc-2c(Br)c1-c1ccccc1-c1nnn[nH]1. The molecule has 39 heavy (non-hydrogen) atoms. The lowest BCUT2D eigenvalue weighted by Gasteiger charge is -2.15. The van der Waals surface area contributed by atoms with Crippen LogP contribution in [0.25, 0.3) is 33.6 Å². The highest BCUT2D eigenvalue weighted by Gasteiger charge is 2.29. The van der Waals surface area contributed by atoms with Gasteiger partial charge in [-0.05, 0) is 62.0 Å². The highest BCUT2D eigenvalue weighted by atomic mass is 79.9. The van der Waals surface area contributed by atoms with E-state index in [1.165, 1.54) is 0 Å². The zero-order valence-electron chi connectivity index (χ0n) is 21.7. The number of hydrogen-bond acceptors (Lipinski definition) is 7. The van der Waals surface area contributed by atoms with Crippen LogP contribution in [-0.2, 0) is 17.7 Å². The van der Waals surface area contributed by atoms with E-state index in [1.54, 1.807) is 12.5 Å². The number of aryl methyl sites for hydroxylation is 1. The Balaban J connectivity index is 1.69. The van der Waals surface area contributed by atoms with Crippen LogP contribution in [0.5, 0.6) is 0 Å². The molecule has 2 aromatic heterocycles. The van der Waals surface area contributed by atoms with Gasteiger partial charge in [-0.15, -0.1) is 5.10 Å². The van der Waals surface area contributed by atoms with Crippen molar-refractivity contribution in [3.8, 4) is 33.6 Å². The van der Waals surface area contributed by atoms with Gasteiger partial charge in [0.15, 0.2) is 16.7 Å². The molecule has 5 rings (SSSR count). The molecule has 0 fully saturated rings. The fourth-order valence-corrected chi connectivity index (χ4v) is 5.76. The average Bonchev–Trinajstić information content (AvgIpc) is 3.66. The normalized spacial score (nSPS) is 11.4. The Morgan fingerprint density at radius 1 is 1.10 bits per heavy atom. The average molecular weight is 612 g/mol. The third kappa shape index (κ3) is 5.35. The molecule has 0 bridgehead atoms. The van der Waals surface area contributed by atoms with Crippen LogP contribution in [0.15, 0.2) is 51.7 Å². The number of esters is 1. The maximum atomic E-state index is 13.3. The standard InChI is InChI=1S/C28H28BrClN6O3/c1-3-5-11-22-31-26(30)25(28(37)39-13-6-4-2)36(22)15-20-17-12-14-38-16-21(17)24(29)23(20)18-9-7-8-10-19(18)27-32-34-35-33-27/h7-10,12,14,16H,3-6,11,13,15H2,1-2H3,(H,32,33,34,35). The van der Waals surface area contributed by atoms with Gasteiger partial charge < -0.3 is 13.7 Å². The second-order valence-electron chi connectivity index (χ2n) is 9.19. The van der Waals surface area contributed by atoms with E-state index in [0.29, 0.717) is 25.4 Å². The van der Waals surface area contributed by atoms with Gasteiger partial charge in [-0.25, -0.2) is 14.9 Å². The fourth-order valence-electron chi connectivity index (χ4n) is 4.72. The van der Waals surface area contributed by atoms with E-state index < -0.39 is 5.97 Å². The Morgan fingerprint density at radius 3 is 2.64 bits per heavy atom. The molecule has 3 heterocycles. The Bertz CT molecular complexity index is 1540. The first-order valence-corrected chi connectivity index (χ1v) is 14.1. The summed E-state index contributed by atoms with van der Waals surface area (Å²) in [6, 6.07) is 9.83. The summed E-state index contributed by atoms with van der Waals surface area (Å²) < 4.78 is 13.9. The Labute approximate surface area is 239 Å². The van der Waals surface area contributed by atoms with Gasteiger partial charge in [0.2, 0.25) is 0 Å². The molecule has 0 atom stereocenters. The van der Waals surface area contributed by atoms with E-state index in [1.807, 2.05) is 41.8 Å². The number of carbonyl (C=O) groups is 1. The van der Waals surface area contributed by atoms with Crippen LogP contribution >= 0.6 is 27.5 Å². The van der Waals surface area contributed by atoms with Gasteiger partial charge in [0, 0.05) is 27.6 Å². The Kier molecular flexibility index (Phi) is 8.42. The molecule has 0 saturated carbocycles. The summed E-state index contributed by atoms with van der Waals surface area (Å²) in [5.41, 5.74) is 5.82. The molecule has 3 aromatic rings. The number of halogens is 2. The number of benzene rings is 1. The van der Waals surface area contributed by atoms with Crippen molar-refractivity contribution in [1.82, 2.24) is 30.2 Å². The van der Waals surface area contributed by atoms with Crippen molar-refractivity contribution in [1.29, 1.82) is 0 Å². The molecule has 1 aliphatic heterocycles. The first-order valence-electron chi connectivity index (χ1n) is 13.0. The van der Waals surface area contributed by atoms with Gasteiger partial charge in [-0.1, -0.05) is 62.6 Å². The van der Waals surface area contributed by atoms with Gasteiger partial charge in [0.25, 0.3) is 0 Å². The molecule has 1 aromatic carbocycles. The van der Waals surface area contributed by atoms with Crippen LogP contribution < -0.4 is 0 Å². The van der Waals surface area contributed by atoms with Crippen molar-refractivity contribution in [3.63, 3.8) is 0 Å². The minimum absolute atomic E-state index is 0.155. The van der Waals surface area contributed by atoms with Gasteiger partial charge in [-0.3, -0.25) is 0 Å². The molecule has 0 unspecified atom stereocenters. The van der Waals surface area contributed by atoms with Crippen molar-refractivity contribution in [2.45, 2.75) is 52.5 Å². The van der Waals surface area contributed by atoms with Crippen LogP contribution in [-0.4, -0.2) is 42.8 Å². The van der Waals surface area contributed by atoms with E-state index >= 15 is 0 Å². The van der Waals surface area contributed by atoms with Crippen molar-refractivity contribution in [2.24, 2.45) is 0 Å². The molecule has 202 valence electrons. The van der Waals surface area contributed by atoms with Crippen LogP contribution in [0.4, 0.5) is 0 Å². The second-order valence-corrected chi connectivity index (χ2v) is 10.3. The van der Waals surface area contributed by atoms with E-state index in [2.05, 4.69) is 48.5 Å². The van der Waals surface area contributed by atoms with Gasteiger partial charge in [-0.2, -0.15) is 0 Å². The van der Waals surface area contributed by atoms with Gasteiger partial charge in [0.05, 0.1) is 25.7 Å². The lowest BCUT2D eigenvalue weighted by Crippen LogP contribution is -2.16. The van der Waals surface area contributed by atoms with Crippen molar-refractivity contribution in [3.05, 3.63) is 69.6 Å². The van der Waals surface area contributed by atoms with Crippen LogP contribution in [0.1, 0.15) is 61.4 Å². The summed E-state index contributed by atoms with van der Waals surface area (Å²) in [5, 5.41) is 14.7. The number of carbonyl (C=O) groups excluding carboxylic acids is 1. The number of unbranched alkanes of at least 4 members (excludes halogenated alkanes) is 2. The molecule has 1 aliphatic carbocycles. The number of nitrogens with zero attached hydrogens (tertiary/aromatic N) is 5. The zero-order chi connectivity index (χ0) is 27.4. The van der Waals surface area contributed by atoms with Crippen LogP contribution in [0, 0.1) is 0 Å². The first-order chi connectivity index (χ1) is 19.0. The largest absolute Gasteiger partial charge is 0.472 e. The summed E-state index contributed by atoms with van der Waals surface area (Å²) in [5.74, 6) is 0.824. The monoisotopic (exact) mass is 610 g/mol. The number of hydrogen-bond donors (Lipinski definition) is 1. The predicted octanol–water partition coefficient (Wildman–Crippen LogP) is 7.19. The Morgan fingerprint density at radius 2 is 1.90 bits per heavy atom. The fraction of sp³-hybridized carbons (Fsp3) is 0.321. The number of ether oxygens (including phenoxy) is 1. The van der Waals surface area contributed by atoms with Crippen LogP contribution in [0.2, 0.25) is 5.15 Å². The van der Waals surface area contributed by atoms with Crippen molar-refractivity contribution < 1.29 is 13.9 Å². The molecule has 0 spiro atoms. The molecule has 2 aliphatic rings. The highest BCUT2D eigenvalue weighted by Crippen LogP contribution is 2.48. The molecular formula is C28H28BrClN6O3. The van der Waals surface area contributed by atoms with Crippen LogP contribution in [0.3, 0.4) is 0 Å². The number of rotatable bonds is 11. The van der Waals surface area contributed by atoms with Gasteiger partial charge >= 0.3 is 5.97 Å². The molecule has 0 radical (unpaired) electrons. The van der Waals surface area contributed by atoms with E-state index in [-0.39, 0.29) is 10.8 Å². The quantitative estimate of drug-likeness (QED) is 0.124. The summed E-state index contributed by atoms with van der Waals surface area (Å²) >= 11 is 10.4. The lowest BCUT2D eigenvalue weighted by atomic mass is 9.97. The number of H-pyrrole nitrogens is 1. The maximum absolute atomic E-state index is 13.3. The highest BCUT2D eigenvalue weighted by molar-refractivity contribution is 9.10. The number of imidazole rings is 1. The lowest BCUT2D eigenvalue weighted by molar-refractivity contribution is 0.0487. The van der Waals surface area contributed by atoms with Crippen molar-refractivity contribution >= 4 is 33.5 Å². The molecule has 11 heteroatoms. The third-order valence-electron chi connectivity index (χ3n) is 6.67. The number of fused-ring (bicyclic) bond motifs is 1. The van der Waals surface area contributed by atoms with E-state index in [0.717, 1.165) is 69.4 Å². The smallest absolute Gasteiger partial charge is 0.358 e. The summed E-state index contributed by atoms with van der Waals surface area (Å²) in [6.07, 6.45) is 7.64. The maximum Gasteiger partial charge on any atom is 0.358 e. The summed E-state index contributed by atoms with van der Waals surface area (Å²) in [6.45, 7) is 4.85. The van der Waals surface area contributed by atoms with Gasteiger partial charge in [0.1, 0.15) is 5.82 Å². The topological polar surface area (TPSA) is 112 Å². The second kappa shape index (κ2) is 12.1. The summed E-state index contributed by atoms with van der Waals surface area (Å²) in [7, 11) is 0. The molecule has 0 saturated heterocycles. The number of tetrazole rings is 1. The predicted molar refractivity (Wildman–Crippen MR) is 152 cm³/mol. The number of aromatic nitrogens is 6. The van der Waals surface area contributed by atoms with E-state index in [9.17, 15) is 4.79 Å². The molecular weight excluding hydrogens is 584 g/mol. The molecule has 1 N–H and O–H groups in total. The third-order valence-corrected chi connectivity index (χ3v) is 7.75. The molecule has 0 amide bonds. The van der Waals surface area contributed by atoms with Crippen molar-refractivity contribution in [2.75, 3.05) is 6.61 Å². The molecule has 9 nitrogen and oxygen atoms in total. The van der Waals surface area contributed by atoms with E-state index in [4.69, 9.17) is 20.8 Å². The first kappa shape index (κ1) is 27.1. The minimum atomic E-state index is -0.469. The summed E-state index contributed by atoms with van der Waals surface area (Å²) in [4.78, 5) is 17.9. The Hall–Kier alpha value is -3.50.